The van der Waals surface area contributed by atoms with Crippen molar-refractivity contribution in [2.24, 2.45) is 0 Å². The third-order valence-electron chi connectivity index (χ3n) is 3.23. The number of aromatic nitrogens is 1. The topological polar surface area (TPSA) is 43.4 Å². The van der Waals surface area contributed by atoms with Crippen molar-refractivity contribution < 1.29 is 9.47 Å². The largest absolute Gasteiger partial charge is 0.493 e. The van der Waals surface area contributed by atoms with Crippen molar-refractivity contribution in [3.63, 3.8) is 0 Å². The Labute approximate surface area is 142 Å². The Balaban J connectivity index is 2.02. The molecule has 1 heterocycles. The number of pyridine rings is 1. The molecule has 2 rings (SSSR count). The van der Waals surface area contributed by atoms with Crippen LogP contribution in [0.3, 0.4) is 0 Å². The fraction of sp³-hybridized carbons (Fsp3) is 0.389. The molecule has 0 fully saturated rings. The molecule has 0 unspecified atom stereocenters. The fourth-order valence-electron chi connectivity index (χ4n) is 1.96. The van der Waals surface area contributed by atoms with Gasteiger partial charge < -0.3 is 14.8 Å². The van der Waals surface area contributed by atoms with Crippen LogP contribution in [-0.4, -0.2) is 17.6 Å². The van der Waals surface area contributed by atoms with Crippen molar-refractivity contribution in [1.29, 1.82) is 0 Å². The summed E-state index contributed by atoms with van der Waals surface area (Å²) in [5, 5.41) is 3.93. The van der Waals surface area contributed by atoms with Crippen molar-refractivity contribution in [2.45, 2.75) is 39.5 Å². The number of halogens is 1. The van der Waals surface area contributed by atoms with Gasteiger partial charge >= 0.3 is 0 Å². The zero-order valence-electron chi connectivity index (χ0n) is 14.0. The summed E-state index contributed by atoms with van der Waals surface area (Å²) in [4.78, 5) is 4.04. The number of nitrogens with one attached hydrogen (secondary N) is 1. The van der Waals surface area contributed by atoms with Crippen LogP contribution >= 0.6 is 11.6 Å². The lowest BCUT2D eigenvalue weighted by Crippen LogP contribution is -2.35. The number of ether oxygens (including phenoxy) is 2. The summed E-state index contributed by atoms with van der Waals surface area (Å²) < 4.78 is 11.3. The van der Waals surface area contributed by atoms with Gasteiger partial charge in [-0.3, -0.25) is 0 Å². The molecule has 5 heteroatoms. The second-order valence-electron chi connectivity index (χ2n) is 6.37. The second-order valence-corrected chi connectivity index (χ2v) is 6.75. The molecule has 0 radical (unpaired) electrons. The first-order valence-corrected chi connectivity index (χ1v) is 7.90. The average molecular weight is 335 g/mol. The van der Waals surface area contributed by atoms with E-state index < -0.39 is 0 Å². The number of methoxy groups -OCH3 is 1. The summed E-state index contributed by atoms with van der Waals surface area (Å²) >= 11 is 5.78. The normalized spacial score (nSPS) is 11.3. The molecule has 4 nitrogen and oxygen atoms in total. The van der Waals surface area contributed by atoms with Crippen molar-refractivity contribution in [3.05, 3.63) is 52.8 Å². The molecule has 124 valence electrons. The Morgan fingerprint density at radius 3 is 2.43 bits per heavy atom. The molecule has 1 aromatic carbocycles. The minimum Gasteiger partial charge on any atom is -0.493 e. The monoisotopic (exact) mass is 334 g/mol. The molecule has 0 saturated carbocycles. The third-order valence-corrected chi connectivity index (χ3v) is 3.46. The average Bonchev–Trinajstić information content (AvgIpc) is 2.52. The van der Waals surface area contributed by atoms with Crippen molar-refractivity contribution in [1.82, 2.24) is 10.3 Å². The molecule has 23 heavy (non-hydrogen) atoms. The van der Waals surface area contributed by atoms with Crippen LogP contribution in [0.4, 0.5) is 0 Å². The second kappa shape index (κ2) is 7.66. The van der Waals surface area contributed by atoms with Gasteiger partial charge in [0.25, 0.3) is 0 Å². The SMILES string of the molecule is COc1cc(CNC(C)(C)C)ccc1OCc1ccc(Cl)nc1. The highest BCUT2D eigenvalue weighted by molar-refractivity contribution is 6.29. The summed E-state index contributed by atoms with van der Waals surface area (Å²) in [6.45, 7) is 7.62. The lowest BCUT2D eigenvalue weighted by Gasteiger charge is -2.21. The lowest BCUT2D eigenvalue weighted by molar-refractivity contribution is 0.284. The number of hydrogen-bond acceptors (Lipinski definition) is 4. The van der Waals surface area contributed by atoms with E-state index in [1.54, 1.807) is 19.4 Å². The first-order valence-electron chi connectivity index (χ1n) is 7.52. The van der Waals surface area contributed by atoms with Crippen LogP contribution in [0.5, 0.6) is 11.5 Å². The Bertz CT molecular complexity index is 636. The standard InChI is InChI=1S/C18H23ClN2O2/c1-18(2,3)21-11-13-5-7-15(16(9-13)22-4)23-12-14-6-8-17(19)20-10-14/h5-10,21H,11-12H2,1-4H3. The number of rotatable bonds is 6. The molecule has 1 N–H and O–H groups in total. The Kier molecular flexibility index (Phi) is 5.85. The molecule has 0 aliphatic rings. The molecule has 0 atom stereocenters. The van der Waals surface area contributed by atoms with Gasteiger partial charge in [0, 0.05) is 23.8 Å². The zero-order chi connectivity index (χ0) is 16.9. The smallest absolute Gasteiger partial charge is 0.161 e. The number of benzene rings is 1. The third kappa shape index (κ3) is 5.73. The molecule has 0 amide bonds. The fourth-order valence-corrected chi connectivity index (χ4v) is 2.07. The summed E-state index contributed by atoms with van der Waals surface area (Å²) in [7, 11) is 1.65. The summed E-state index contributed by atoms with van der Waals surface area (Å²) in [6, 6.07) is 9.61. The molecule has 0 bridgehead atoms. The van der Waals surface area contributed by atoms with E-state index in [1.807, 2.05) is 24.3 Å². The summed E-state index contributed by atoms with van der Waals surface area (Å²) in [6.07, 6.45) is 1.70. The molecule has 2 aromatic rings. The predicted octanol–water partition coefficient (Wildman–Crippen LogP) is 4.21. The maximum Gasteiger partial charge on any atom is 0.161 e. The van der Waals surface area contributed by atoms with Crippen LogP contribution in [0.2, 0.25) is 5.15 Å². The van der Waals surface area contributed by atoms with Gasteiger partial charge in [0.1, 0.15) is 11.8 Å². The van der Waals surface area contributed by atoms with E-state index in [0.717, 1.165) is 23.4 Å². The first kappa shape index (κ1) is 17.6. The van der Waals surface area contributed by atoms with Crippen LogP contribution in [0, 0.1) is 0 Å². The molecule has 1 aromatic heterocycles. The van der Waals surface area contributed by atoms with Crippen LogP contribution in [-0.2, 0) is 13.2 Å². The number of nitrogens with zero attached hydrogens (tertiary/aromatic N) is 1. The van der Waals surface area contributed by atoms with Gasteiger partial charge in [-0.1, -0.05) is 23.7 Å². The van der Waals surface area contributed by atoms with Crippen LogP contribution in [0.1, 0.15) is 31.9 Å². The Hall–Kier alpha value is -1.78. The minimum absolute atomic E-state index is 0.0734. The molecule has 0 saturated heterocycles. The first-order chi connectivity index (χ1) is 10.9. The van der Waals surface area contributed by atoms with E-state index in [4.69, 9.17) is 21.1 Å². The number of hydrogen-bond donors (Lipinski definition) is 1. The Morgan fingerprint density at radius 2 is 1.83 bits per heavy atom. The van der Waals surface area contributed by atoms with E-state index >= 15 is 0 Å². The summed E-state index contributed by atoms with van der Waals surface area (Å²) in [5.74, 6) is 1.43. The van der Waals surface area contributed by atoms with Crippen LogP contribution in [0.25, 0.3) is 0 Å². The highest BCUT2D eigenvalue weighted by atomic mass is 35.5. The van der Waals surface area contributed by atoms with Crippen LogP contribution < -0.4 is 14.8 Å². The minimum atomic E-state index is 0.0734. The van der Waals surface area contributed by atoms with E-state index in [-0.39, 0.29) is 5.54 Å². The lowest BCUT2D eigenvalue weighted by atomic mass is 10.1. The quantitative estimate of drug-likeness (QED) is 0.804. The van der Waals surface area contributed by atoms with Gasteiger partial charge in [-0.25, -0.2) is 4.98 Å². The maximum atomic E-state index is 5.83. The van der Waals surface area contributed by atoms with Gasteiger partial charge in [0.05, 0.1) is 7.11 Å². The molecule has 0 spiro atoms. The van der Waals surface area contributed by atoms with E-state index in [1.165, 1.54) is 0 Å². The zero-order valence-corrected chi connectivity index (χ0v) is 14.8. The summed E-state index contributed by atoms with van der Waals surface area (Å²) in [5.41, 5.74) is 2.18. The van der Waals surface area contributed by atoms with Crippen molar-refractivity contribution >= 4 is 11.6 Å². The molecular formula is C18H23ClN2O2. The molecule has 0 aliphatic heterocycles. The van der Waals surface area contributed by atoms with E-state index in [9.17, 15) is 0 Å². The van der Waals surface area contributed by atoms with Crippen molar-refractivity contribution in [3.8, 4) is 11.5 Å². The molecular weight excluding hydrogens is 312 g/mol. The maximum absolute atomic E-state index is 5.83. The van der Waals surface area contributed by atoms with E-state index in [0.29, 0.717) is 17.5 Å². The van der Waals surface area contributed by atoms with Gasteiger partial charge in [-0.05, 0) is 44.5 Å². The predicted molar refractivity (Wildman–Crippen MR) is 93.2 cm³/mol. The van der Waals surface area contributed by atoms with Gasteiger partial charge in [-0.15, -0.1) is 0 Å². The van der Waals surface area contributed by atoms with Crippen LogP contribution in [0.15, 0.2) is 36.5 Å². The Morgan fingerprint density at radius 1 is 1.09 bits per heavy atom. The highest BCUT2D eigenvalue weighted by Crippen LogP contribution is 2.29. The van der Waals surface area contributed by atoms with Crippen molar-refractivity contribution in [2.75, 3.05) is 7.11 Å². The molecule has 0 aliphatic carbocycles. The van der Waals surface area contributed by atoms with E-state index in [2.05, 4.69) is 31.1 Å². The van der Waals surface area contributed by atoms with Gasteiger partial charge in [0.2, 0.25) is 0 Å². The van der Waals surface area contributed by atoms with Gasteiger partial charge in [-0.2, -0.15) is 0 Å². The highest BCUT2D eigenvalue weighted by Gasteiger charge is 2.11. The van der Waals surface area contributed by atoms with Gasteiger partial charge in [0.15, 0.2) is 11.5 Å².